The van der Waals surface area contributed by atoms with Crippen molar-refractivity contribution in [1.82, 2.24) is 0 Å². The number of benzene rings is 2. The number of aliphatic hydroxyl groups excluding tert-OH is 1. The average Bonchev–Trinajstić information content (AvgIpc) is 2.69. The van der Waals surface area contributed by atoms with Gasteiger partial charge in [0.25, 0.3) is 0 Å². The zero-order chi connectivity index (χ0) is 13.9. The number of nitrogens with zero attached hydrogens (tertiary/aromatic N) is 1. The van der Waals surface area contributed by atoms with Crippen molar-refractivity contribution in [2.24, 2.45) is 0 Å². The van der Waals surface area contributed by atoms with Crippen LogP contribution in [0.5, 0.6) is 5.75 Å². The quantitative estimate of drug-likeness (QED) is 0.910. The predicted octanol–water partition coefficient (Wildman–Crippen LogP) is 2.89. The number of aryl methyl sites for hydroxylation is 1. The third kappa shape index (κ3) is 2.49. The molecule has 0 aliphatic carbocycles. The Bertz CT molecular complexity index is 610. The van der Waals surface area contributed by atoms with Crippen molar-refractivity contribution in [3.63, 3.8) is 0 Å². The van der Waals surface area contributed by atoms with Gasteiger partial charge < -0.3 is 14.7 Å². The Balaban J connectivity index is 1.95. The summed E-state index contributed by atoms with van der Waals surface area (Å²) in [7, 11) is 0. The van der Waals surface area contributed by atoms with Crippen molar-refractivity contribution < 1.29 is 9.84 Å². The first-order valence-electron chi connectivity index (χ1n) is 6.94. The van der Waals surface area contributed by atoms with E-state index in [2.05, 4.69) is 23.1 Å². The van der Waals surface area contributed by atoms with E-state index in [1.165, 1.54) is 11.1 Å². The van der Waals surface area contributed by atoms with E-state index in [1.807, 2.05) is 31.2 Å². The lowest BCUT2D eigenvalue weighted by Gasteiger charge is -2.25. The van der Waals surface area contributed by atoms with Gasteiger partial charge in [-0.1, -0.05) is 35.9 Å². The van der Waals surface area contributed by atoms with Crippen molar-refractivity contribution in [2.75, 3.05) is 18.1 Å². The van der Waals surface area contributed by atoms with Crippen LogP contribution in [0, 0.1) is 6.92 Å². The summed E-state index contributed by atoms with van der Waals surface area (Å²) in [6.07, 6.45) is 0. The molecule has 1 aliphatic rings. The number of hydrogen-bond donors (Lipinski definition) is 1. The molecule has 1 heterocycles. The molecule has 104 valence electrons. The molecule has 20 heavy (non-hydrogen) atoms. The third-order valence-electron chi connectivity index (χ3n) is 3.70. The minimum atomic E-state index is 0.0655. The van der Waals surface area contributed by atoms with Crippen molar-refractivity contribution in [3.8, 4) is 5.75 Å². The number of hydrogen-bond acceptors (Lipinski definition) is 3. The van der Waals surface area contributed by atoms with Crippen LogP contribution in [0.4, 0.5) is 5.69 Å². The minimum absolute atomic E-state index is 0.0655. The van der Waals surface area contributed by atoms with Gasteiger partial charge in [0.05, 0.1) is 13.2 Å². The molecule has 0 amide bonds. The van der Waals surface area contributed by atoms with Crippen molar-refractivity contribution >= 4 is 5.69 Å². The van der Waals surface area contributed by atoms with E-state index < -0.39 is 0 Å². The molecular formula is C17H19NO2. The lowest BCUT2D eigenvalue weighted by Crippen LogP contribution is -2.26. The van der Waals surface area contributed by atoms with Gasteiger partial charge >= 0.3 is 0 Å². The maximum absolute atomic E-state index is 9.58. The van der Waals surface area contributed by atoms with Gasteiger partial charge in [0.15, 0.2) is 0 Å². The maximum Gasteiger partial charge on any atom is 0.124 e. The van der Waals surface area contributed by atoms with Crippen LogP contribution >= 0.6 is 0 Å². The van der Waals surface area contributed by atoms with Gasteiger partial charge in [-0.15, -0.1) is 0 Å². The van der Waals surface area contributed by atoms with Gasteiger partial charge in [-0.25, -0.2) is 0 Å². The molecule has 3 heteroatoms. The lowest BCUT2D eigenvalue weighted by atomic mass is 10.1. The van der Waals surface area contributed by atoms with Gasteiger partial charge in [0.1, 0.15) is 12.4 Å². The largest absolute Gasteiger partial charge is 0.491 e. The van der Waals surface area contributed by atoms with Gasteiger partial charge in [0, 0.05) is 23.4 Å². The van der Waals surface area contributed by atoms with Crippen LogP contribution in [0.25, 0.3) is 0 Å². The highest BCUT2D eigenvalue weighted by Gasteiger charge is 2.17. The second kappa shape index (κ2) is 5.55. The van der Waals surface area contributed by atoms with Crippen LogP contribution in [0.3, 0.4) is 0 Å². The smallest absolute Gasteiger partial charge is 0.124 e. The fraction of sp³-hybridized carbons (Fsp3) is 0.294. The van der Waals surface area contributed by atoms with E-state index in [0.29, 0.717) is 6.61 Å². The summed E-state index contributed by atoms with van der Waals surface area (Å²) in [5.74, 6) is 0.965. The topological polar surface area (TPSA) is 32.7 Å². The number of rotatable bonds is 2. The molecule has 0 radical (unpaired) electrons. The van der Waals surface area contributed by atoms with Gasteiger partial charge in [-0.05, 0) is 19.1 Å². The van der Waals surface area contributed by atoms with Gasteiger partial charge in [0.2, 0.25) is 0 Å². The lowest BCUT2D eigenvalue weighted by molar-refractivity contribution is 0.281. The standard InChI is InChI=1S/C17H19NO2/c1-13-6-7-16(15(10-13)12-19)18-8-9-20-17-5-3-2-4-14(17)11-18/h2-7,10,19H,8-9,11-12H2,1H3. The van der Waals surface area contributed by atoms with E-state index in [9.17, 15) is 5.11 Å². The van der Waals surface area contributed by atoms with Crippen LogP contribution < -0.4 is 9.64 Å². The fourth-order valence-electron chi connectivity index (χ4n) is 2.68. The fourth-order valence-corrected chi connectivity index (χ4v) is 2.68. The summed E-state index contributed by atoms with van der Waals surface area (Å²) in [6, 6.07) is 14.4. The summed E-state index contributed by atoms with van der Waals surface area (Å²) < 4.78 is 5.79. The molecule has 0 saturated heterocycles. The molecule has 0 unspecified atom stereocenters. The summed E-state index contributed by atoms with van der Waals surface area (Å²) in [6.45, 7) is 4.41. The van der Waals surface area contributed by atoms with Crippen molar-refractivity contribution in [2.45, 2.75) is 20.1 Å². The number of anilines is 1. The maximum atomic E-state index is 9.58. The van der Waals surface area contributed by atoms with Gasteiger partial charge in [-0.2, -0.15) is 0 Å². The third-order valence-corrected chi connectivity index (χ3v) is 3.70. The average molecular weight is 269 g/mol. The first-order chi connectivity index (χ1) is 9.78. The molecule has 2 aromatic rings. The van der Waals surface area contributed by atoms with E-state index in [-0.39, 0.29) is 6.61 Å². The second-order valence-electron chi connectivity index (χ2n) is 5.17. The zero-order valence-corrected chi connectivity index (χ0v) is 11.7. The van der Waals surface area contributed by atoms with E-state index in [0.717, 1.165) is 30.1 Å². The normalized spacial score (nSPS) is 14.4. The Morgan fingerprint density at radius 2 is 2.05 bits per heavy atom. The second-order valence-corrected chi connectivity index (χ2v) is 5.17. The van der Waals surface area contributed by atoms with Crippen LogP contribution in [0.1, 0.15) is 16.7 Å². The van der Waals surface area contributed by atoms with Crippen molar-refractivity contribution in [1.29, 1.82) is 0 Å². The molecule has 1 N–H and O–H groups in total. The molecule has 0 atom stereocenters. The SMILES string of the molecule is Cc1ccc(N2CCOc3ccccc3C2)c(CO)c1. The Kier molecular flexibility index (Phi) is 3.61. The number of fused-ring (bicyclic) bond motifs is 1. The Hall–Kier alpha value is -2.00. The summed E-state index contributed by atoms with van der Waals surface area (Å²) in [5, 5.41) is 9.58. The van der Waals surface area contributed by atoms with E-state index >= 15 is 0 Å². The number of para-hydroxylation sites is 1. The molecule has 0 spiro atoms. The van der Waals surface area contributed by atoms with Crippen LogP contribution in [-0.2, 0) is 13.2 Å². The molecule has 0 aromatic heterocycles. The summed E-state index contributed by atoms with van der Waals surface area (Å²) in [4.78, 5) is 2.27. The number of ether oxygens (including phenoxy) is 1. The summed E-state index contributed by atoms with van der Waals surface area (Å²) >= 11 is 0. The van der Waals surface area contributed by atoms with Crippen LogP contribution in [0.15, 0.2) is 42.5 Å². The first-order valence-corrected chi connectivity index (χ1v) is 6.94. The van der Waals surface area contributed by atoms with Gasteiger partial charge in [-0.3, -0.25) is 0 Å². The van der Waals surface area contributed by atoms with Crippen LogP contribution in [0.2, 0.25) is 0 Å². The Morgan fingerprint density at radius 3 is 2.90 bits per heavy atom. The Morgan fingerprint density at radius 1 is 1.20 bits per heavy atom. The van der Waals surface area contributed by atoms with E-state index in [4.69, 9.17) is 4.74 Å². The molecule has 0 saturated carbocycles. The minimum Gasteiger partial charge on any atom is -0.491 e. The zero-order valence-electron chi connectivity index (χ0n) is 11.7. The van der Waals surface area contributed by atoms with E-state index in [1.54, 1.807) is 0 Å². The first kappa shape index (κ1) is 13.0. The number of aliphatic hydroxyl groups is 1. The van der Waals surface area contributed by atoms with Crippen LogP contribution in [-0.4, -0.2) is 18.3 Å². The predicted molar refractivity (Wildman–Crippen MR) is 80.1 cm³/mol. The highest BCUT2D eigenvalue weighted by molar-refractivity contribution is 5.56. The highest BCUT2D eigenvalue weighted by Crippen LogP contribution is 2.28. The highest BCUT2D eigenvalue weighted by atomic mass is 16.5. The molecule has 3 rings (SSSR count). The molecule has 2 aromatic carbocycles. The molecule has 3 nitrogen and oxygen atoms in total. The molecule has 0 fully saturated rings. The molecule has 1 aliphatic heterocycles. The monoisotopic (exact) mass is 269 g/mol. The molecular weight excluding hydrogens is 250 g/mol. The van der Waals surface area contributed by atoms with Crippen molar-refractivity contribution in [3.05, 3.63) is 59.2 Å². The molecule has 0 bridgehead atoms. The Labute approximate surface area is 119 Å². The summed E-state index contributed by atoms with van der Waals surface area (Å²) in [5.41, 5.74) is 4.43.